The van der Waals surface area contributed by atoms with Gasteiger partial charge < -0.3 is 156 Å². The standard InChI is InChI=1S/C68H113N13O32/c1-46(83)69-53-56(87)59(90)66(43-108-62(53)111-66)40-102-28-25-99-22-19-96-16-13-93-10-6-79-31-49(73-76-79)34-105-37-65(72-52(86)5-4-9-82,38-106-35-50-32-80(77-74-50)7-11-94-14-17-97-20-23-100-26-29-103-41-67-44-109-63(112-67)54(70-47(2)84)57(88)60(67)91)39-107-36-51-33-81(78-75-51)8-12-95-15-18-98-21-24-101-27-30-104-42-68-45-110-64(113-68)55(71-48(3)85)58(89)61(68)92/h31-33,53-64,82,87-92H,4-30,34-45H2,1-3H3,(H,69,83)(H,70,84)(H,71,85)(H,72,86)/t53-,54-,55-,56-,57-,58-,59-,60-,61-,62+,63+,64+,66-,67-,68-/m1/s1. The number of amides is 4. The maximum Gasteiger partial charge on any atom is 0.220 e. The number of rotatable bonds is 61. The Morgan fingerprint density at radius 1 is 0.416 bits per heavy atom. The number of carbonyl (C=O) groups excluding carboxylic acids is 4. The second kappa shape index (κ2) is 47.5. The molecule has 0 spiro atoms. The highest BCUT2D eigenvalue weighted by Crippen LogP contribution is 2.40. The molecule has 642 valence electrons. The molecule has 0 unspecified atom stereocenters. The first-order valence-corrected chi connectivity index (χ1v) is 37.8. The Kier molecular flexibility index (Phi) is 38.3. The van der Waals surface area contributed by atoms with E-state index in [0.29, 0.717) is 136 Å². The summed E-state index contributed by atoms with van der Waals surface area (Å²) in [5.74, 6) is -1.56. The maximum atomic E-state index is 13.6. The lowest BCUT2D eigenvalue weighted by Crippen LogP contribution is -2.66. The van der Waals surface area contributed by atoms with Gasteiger partial charge in [0.15, 0.2) is 18.9 Å². The molecule has 15 atom stereocenters. The number of nitrogens with one attached hydrogen (secondary N) is 4. The molecule has 6 aliphatic heterocycles. The van der Waals surface area contributed by atoms with Crippen LogP contribution in [0.25, 0.3) is 0 Å². The maximum absolute atomic E-state index is 13.6. The van der Waals surface area contributed by atoms with Crippen LogP contribution in [0.4, 0.5) is 0 Å². The lowest BCUT2D eigenvalue weighted by molar-refractivity contribution is -0.238. The summed E-state index contributed by atoms with van der Waals surface area (Å²) in [7, 11) is 0. The fourth-order valence-corrected chi connectivity index (χ4v) is 12.8. The Balaban J connectivity index is 0.652. The van der Waals surface area contributed by atoms with E-state index >= 15 is 0 Å². The predicted molar refractivity (Wildman–Crippen MR) is 376 cm³/mol. The molecule has 0 saturated carbocycles. The average Bonchev–Trinajstić information content (AvgIpc) is 1.66. The molecule has 6 aliphatic rings. The molecule has 9 rings (SSSR count). The molecule has 6 bridgehead atoms. The molecule has 0 aliphatic carbocycles. The Bertz CT molecular complexity index is 2940. The number of carbonyl (C=O) groups is 4. The van der Waals surface area contributed by atoms with Gasteiger partial charge in [-0.1, -0.05) is 15.6 Å². The van der Waals surface area contributed by atoms with Crippen molar-refractivity contribution >= 4 is 23.6 Å². The third kappa shape index (κ3) is 28.5. The van der Waals surface area contributed by atoms with Crippen LogP contribution in [0.1, 0.15) is 50.7 Å². The minimum Gasteiger partial charge on any atom is -0.396 e. The minimum absolute atomic E-state index is 0.00314. The average molecular weight is 1620 g/mol. The molecule has 0 radical (unpaired) electrons. The molecule has 113 heavy (non-hydrogen) atoms. The Morgan fingerprint density at radius 2 is 0.681 bits per heavy atom. The second-order valence-corrected chi connectivity index (χ2v) is 27.8. The fourth-order valence-electron chi connectivity index (χ4n) is 12.8. The van der Waals surface area contributed by atoms with Gasteiger partial charge in [-0.3, -0.25) is 19.2 Å². The molecule has 11 N–H and O–H groups in total. The fraction of sp³-hybridized carbons (Fsp3) is 0.853. The number of ether oxygens (including phenoxy) is 21. The largest absolute Gasteiger partial charge is 0.396 e. The van der Waals surface area contributed by atoms with Crippen molar-refractivity contribution in [3.8, 4) is 0 Å². The van der Waals surface area contributed by atoms with Gasteiger partial charge in [0.1, 0.15) is 94.2 Å². The topological polar surface area (TPSA) is 544 Å². The van der Waals surface area contributed by atoms with Crippen molar-refractivity contribution in [2.75, 3.05) is 205 Å². The molecule has 45 heteroatoms. The van der Waals surface area contributed by atoms with Gasteiger partial charge in [0.2, 0.25) is 23.6 Å². The summed E-state index contributed by atoms with van der Waals surface area (Å²) in [5, 5.41) is 110. The van der Waals surface area contributed by atoms with Crippen molar-refractivity contribution in [1.29, 1.82) is 0 Å². The van der Waals surface area contributed by atoms with Crippen LogP contribution < -0.4 is 21.3 Å². The van der Waals surface area contributed by atoms with Crippen molar-refractivity contribution in [1.82, 2.24) is 66.2 Å². The summed E-state index contributed by atoms with van der Waals surface area (Å²) >= 11 is 0. The van der Waals surface area contributed by atoms with E-state index in [1.807, 2.05) is 0 Å². The van der Waals surface area contributed by atoms with Gasteiger partial charge in [-0.2, -0.15) is 0 Å². The Morgan fingerprint density at radius 3 is 0.947 bits per heavy atom. The van der Waals surface area contributed by atoms with Crippen LogP contribution in [-0.2, 0) is 158 Å². The van der Waals surface area contributed by atoms with Crippen LogP contribution in [0, 0.1) is 0 Å². The number of nitrogens with zero attached hydrogens (tertiary/aromatic N) is 9. The number of aromatic nitrogens is 9. The SMILES string of the molecule is CC(=O)N[C@H]1[C@H]2OC[C@@](COCCOCCOCCOCCn3cc(COCC(COCc4cn(CCOCCOCCOCCOC[C@]56CO[C@@H](O5)[C@H](NC(C)=O)[C@@H](O)[C@H]6O)nn4)(COCc4cn(CCOCCOCCOCCOC[C@]56CO[C@@H](O5)[C@H](NC(C)=O)[C@@H](O)[C@H]6O)nn4)NC(=O)CCCO)nn3)(O2)[C@H](O)[C@@H]1O. The van der Waals surface area contributed by atoms with Crippen molar-refractivity contribution in [2.45, 2.75) is 169 Å². The third-order valence-electron chi connectivity index (χ3n) is 18.6. The van der Waals surface area contributed by atoms with Gasteiger partial charge in [-0.15, -0.1) is 15.3 Å². The molecule has 3 aromatic rings. The van der Waals surface area contributed by atoms with Crippen LogP contribution in [-0.4, -0.2) is 405 Å². The first kappa shape index (κ1) is 91.1. The number of fused-ring (bicyclic) bond motifs is 6. The van der Waals surface area contributed by atoms with E-state index in [-0.39, 0.29) is 144 Å². The summed E-state index contributed by atoms with van der Waals surface area (Å²) in [6.07, 6.45) is -5.32. The zero-order valence-electron chi connectivity index (χ0n) is 64.1. The van der Waals surface area contributed by atoms with Crippen molar-refractivity contribution in [3.63, 3.8) is 0 Å². The highest BCUT2D eigenvalue weighted by atomic mass is 16.8. The van der Waals surface area contributed by atoms with E-state index in [1.165, 1.54) is 20.8 Å². The molecule has 9 heterocycles. The summed E-state index contributed by atoms with van der Waals surface area (Å²) in [6.45, 7) is 9.96. The highest BCUT2D eigenvalue weighted by Gasteiger charge is 2.62. The van der Waals surface area contributed by atoms with E-state index in [9.17, 15) is 54.9 Å². The first-order chi connectivity index (χ1) is 54.7. The van der Waals surface area contributed by atoms with Crippen molar-refractivity contribution in [3.05, 3.63) is 35.7 Å². The van der Waals surface area contributed by atoms with E-state index in [0.717, 1.165) is 0 Å². The number of hydrogen-bond donors (Lipinski definition) is 11. The number of aliphatic hydroxyl groups excluding tert-OH is 7. The monoisotopic (exact) mass is 1620 g/mol. The van der Waals surface area contributed by atoms with Gasteiger partial charge in [0, 0.05) is 33.8 Å². The van der Waals surface area contributed by atoms with Crippen LogP contribution >= 0.6 is 0 Å². The smallest absolute Gasteiger partial charge is 0.220 e. The number of hydrogen-bond acceptors (Lipinski definition) is 38. The van der Waals surface area contributed by atoms with Crippen LogP contribution in [0.3, 0.4) is 0 Å². The van der Waals surface area contributed by atoms with Crippen LogP contribution in [0.5, 0.6) is 0 Å². The molecule has 3 aromatic heterocycles. The summed E-state index contributed by atoms with van der Waals surface area (Å²) in [4.78, 5) is 48.2. The summed E-state index contributed by atoms with van der Waals surface area (Å²) in [6, 6.07) is -2.72. The lowest BCUT2D eigenvalue weighted by atomic mass is 9.88. The van der Waals surface area contributed by atoms with E-state index in [1.54, 1.807) is 32.6 Å². The van der Waals surface area contributed by atoms with Gasteiger partial charge in [0.25, 0.3) is 0 Å². The minimum atomic E-state index is -1.34. The Hall–Kier alpha value is -5.82. The summed E-state index contributed by atoms with van der Waals surface area (Å²) < 4.78 is 126. The zero-order chi connectivity index (χ0) is 80.3. The normalized spacial score (nSPS) is 27.2. The third-order valence-corrected chi connectivity index (χ3v) is 18.6. The molecular formula is C68H113N13O32. The second-order valence-electron chi connectivity index (χ2n) is 27.8. The molecular weight excluding hydrogens is 1510 g/mol. The first-order valence-electron chi connectivity index (χ1n) is 37.8. The molecule has 6 fully saturated rings. The molecule has 0 aromatic carbocycles. The predicted octanol–water partition coefficient (Wildman–Crippen LogP) is -7.71. The van der Waals surface area contributed by atoms with Gasteiger partial charge in [0.05, 0.1) is 256 Å². The van der Waals surface area contributed by atoms with Crippen LogP contribution in [0.2, 0.25) is 0 Å². The molecule has 6 saturated heterocycles. The molecule has 45 nitrogen and oxygen atoms in total. The van der Waals surface area contributed by atoms with Gasteiger partial charge in [-0.05, 0) is 6.42 Å². The highest BCUT2D eigenvalue weighted by molar-refractivity contribution is 5.77. The van der Waals surface area contributed by atoms with E-state index < -0.39 is 114 Å². The van der Waals surface area contributed by atoms with Crippen LogP contribution in [0.15, 0.2) is 18.6 Å². The number of aliphatic hydroxyl groups is 7. The zero-order valence-corrected chi connectivity index (χ0v) is 64.1. The lowest BCUT2D eigenvalue weighted by Gasteiger charge is -2.42. The van der Waals surface area contributed by atoms with Gasteiger partial charge >= 0.3 is 0 Å². The summed E-state index contributed by atoms with van der Waals surface area (Å²) in [5.41, 5.74) is -3.64. The Labute approximate surface area is 651 Å². The van der Waals surface area contributed by atoms with Gasteiger partial charge in [-0.25, -0.2) is 14.0 Å². The molecule has 4 amide bonds. The van der Waals surface area contributed by atoms with E-state index in [4.69, 9.17) is 99.5 Å². The quantitative estimate of drug-likeness (QED) is 0.0234. The van der Waals surface area contributed by atoms with Crippen molar-refractivity contribution < 1.29 is 154 Å². The van der Waals surface area contributed by atoms with E-state index in [2.05, 4.69) is 52.2 Å². The van der Waals surface area contributed by atoms with Crippen molar-refractivity contribution in [2.24, 2.45) is 0 Å².